The van der Waals surface area contributed by atoms with Gasteiger partial charge in [0.25, 0.3) is 5.91 Å². The van der Waals surface area contributed by atoms with Gasteiger partial charge in [-0.05, 0) is 18.2 Å². The lowest BCUT2D eigenvalue weighted by molar-refractivity contribution is 0.0631. The molecule has 0 aromatic heterocycles. The maximum absolute atomic E-state index is 12.8. The first-order chi connectivity index (χ1) is 10.8. The standard InChI is InChI=1S/C18H20N2O2.ClH/c1-22-17-10-6-5-9-15(17)16-13-19-11-12-20(16)18(21)14-7-3-2-4-8-14;/h2-10,16,19H,11-13H2,1H3;1H. The third-order valence-electron chi connectivity index (χ3n) is 4.02. The van der Waals surface area contributed by atoms with E-state index in [0.717, 1.165) is 30.0 Å². The van der Waals surface area contributed by atoms with Crippen LogP contribution in [-0.2, 0) is 0 Å². The van der Waals surface area contributed by atoms with Crippen LogP contribution in [0.1, 0.15) is 22.0 Å². The number of methoxy groups -OCH3 is 1. The third kappa shape index (κ3) is 3.66. The summed E-state index contributed by atoms with van der Waals surface area (Å²) in [6.45, 7) is 2.24. The second-order valence-corrected chi connectivity index (χ2v) is 5.33. The monoisotopic (exact) mass is 332 g/mol. The number of para-hydroxylation sites is 1. The molecule has 3 rings (SSSR count). The molecule has 1 saturated heterocycles. The van der Waals surface area contributed by atoms with Gasteiger partial charge in [0.2, 0.25) is 0 Å². The van der Waals surface area contributed by atoms with Crippen molar-refractivity contribution in [3.05, 3.63) is 65.7 Å². The molecule has 1 aliphatic heterocycles. The molecule has 1 atom stereocenters. The largest absolute Gasteiger partial charge is 0.496 e. The van der Waals surface area contributed by atoms with Crippen LogP contribution in [0.3, 0.4) is 0 Å². The Hall–Kier alpha value is -2.04. The molecule has 1 heterocycles. The Morgan fingerprint density at radius 1 is 1.13 bits per heavy atom. The zero-order valence-electron chi connectivity index (χ0n) is 13.1. The van der Waals surface area contributed by atoms with Gasteiger partial charge in [-0.2, -0.15) is 0 Å². The number of piperazine rings is 1. The molecule has 1 fully saturated rings. The SMILES string of the molecule is COc1ccccc1C1CNCCN1C(=O)c1ccccc1.Cl. The summed E-state index contributed by atoms with van der Waals surface area (Å²) in [6, 6.07) is 17.3. The zero-order chi connectivity index (χ0) is 15.4. The number of ether oxygens (including phenoxy) is 1. The zero-order valence-corrected chi connectivity index (χ0v) is 13.9. The predicted octanol–water partition coefficient (Wildman–Crippen LogP) is 2.90. The van der Waals surface area contributed by atoms with Crippen LogP contribution < -0.4 is 10.1 Å². The molecule has 1 unspecified atom stereocenters. The minimum absolute atomic E-state index is 0. The van der Waals surface area contributed by atoms with Gasteiger partial charge in [-0.1, -0.05) is 36.4 Å². The van der Waals surface area contributed by atoms with E-state index in [1.807, 2.05) is 59.5 Å². The fourth-order valence-electron chi connectivity index (χ4n) is 2.91. The van der Waals surface area contributed by atoms with Crippen LogP contribution in [0.5, 0.6) is 5.75 Å². The normalized spacial score (nSPS) is 17.3. The molecule has 5 heteroatoms. The van der Waals surface area contributed by atoms with E-state index in [2.05, 4.69) is 5.32 Å². The topological polar surface area (TPSA) is 41.6 Å². The molecule has 122 valence electrons. The molecular formula is C18H21ClN2O2. The summed E-state index contributed by atoms with van der Waals surface area (Å²) < 4.78 is 5.47. The number of amides is 1. The van der Waals surface area contributed by atoms with Crippen molar-refractivity contribution in [2.24, 2.45) is 0 Å². The highest BCUT2D eigenvalue weighted by atomic mass is 35.5. The van der Waals surface area contributed by atoms with Gasteiger partial charge >= 0.3 is 0 Å². The van der Waals surface area contributed by atoms with E-state index < -0.39 is 0 Å². The first-order valence-corrected chi connectivity index (χ1v) is 7.51. The predicted molar refractivity (Wildman–Crippen MR) is 93.3 cm³/mol. The van der Waals surface area contributed by atoms with E-state index in [1.165, 1.54) is 0 Å². The Morgan fingerprint density at radius 2 is 1.83 bits per heavy atom. The van der Waals surface area contributed by atoms with Crippen molar-refractivity contribution in [3.8, 4) is 5.75 Å². The van der Waals surface area contributed by atoms with Crippen molar-refractivity contribution in [2.45, 2.75) is 6.04 Å². The number of nitrogens with zero attached hydrogens (tertiary/aromatic N) is 1. The molecule has 0 spiro atoms. The third-order valence-corrected chi connectivity index (χ3v) is 4.02. The maximum atomic E-state index is 12.8. The number of halogens is 1. The number of hydrogen-bond donors (Lipinski definition) is 1. The van der Waals surface area contributed by atoms with Gasteiger partial charge in [0.05, 0.1) is 13.2 Å². The van der Waals surface area contributed by atoms with E-state index in [1.54, 1.807) is 7.11 Å². The Morgan fingerprint density at radius 3 is 2.57 bits per heavy atom. The van der Waals surface area contributed by atoms with E-state index >= 15 is 0 Å². The lowest BCUT2D eigenvalue weighted by atomic mass is 10.0. The second-order valence-electron chi connectivity index (χ2n) is 5.33. The van der Waals surface area contributed by atoms with E-state index in [-0.39, 0.29) is 24.4 Å². The Kier molecular flexibility index (Phi) is 6.02. The van der Waals surface area contributed by atoms with Crippen molar-refractivity contribution < 1.29 is 9.53 Å². The molecule has 23 heavy (non-hydrogen) atoms. The summed E-state index contributed by atoms with van der Waals surface area (Å²) in [5.74, 6) is 0.889. The lowest BCUT2D eigenvalue weighted by Gasteiger charge is -2.37. The molecule has 2 aromatic carbocycles. The van der Waals surface area contributed by atoms with Crippen LogP contribution in [0.25, 0.3) is 0 Å². The second kappa shape index (κ2) is 7.99. The average Bonchev–Trinajstić information content (AvgIpc) is 2.62. The van der Waals surface area contributed by atoms with Gasteiger partial charge in [0, 0.05) is 30.8 Å². The van der Waals surface area contributed by atoms with Crippen molar-refractivity contribution >= 4 is 18.3 Å². The van der Waals surface area contributed by atoms with Gasteiger partial charge in [0.15, 0.2) is 0 Å². The van der Waals surface area contributed by atoms with Crippen LogP contribution >= 0.6 is 12.4 Å². The van der Waals surface area contributed by atoms with Gasteiger partial charge in [-0.3, -0.25) is 4.79 Å². The molecule has 0 radical (unpaired) electrons. The Bertz CT molecular complexity index is 648. The molecule has 1 N–H and O–H groups in total. The summed E-state index contributed by atoms with van der Waals surface area (Å²) in [5.41, 5.74) is 1.77. The maximum Gasteiger partial charge on any atom is 0.254 e. The van der Waals surface area contributed by atoms with Crippen molar-refractivity contribution in [3.63, 3.8) is 0 Å². The van der Waals surface area contributed by atoms with Crippen LogP contribution in [0.15, 0.2) is 54.6 Å². The summed E-state index contributed by atoms with van der Waals surface area (Å²) in [6.07, 6.45) is 0. The van der Waals surface area contributed by atoms with Crippen molar-refractivity contribution in [2.75, 3.05) is 26.7 Å². The highest BCUT2D eigenvalue weighted by Gasteiger charge is 2.30. The highest BCUT2D eigenvalue weighted by molar-refractivity contribution is 5.94. The molecule has 4 nitrogen and oxygen atoms in total. The van der Waals surface area contributed by atoms with Gasteiger partial charge in [-0.25, -0.2) is 0 Å². The van der Waals surface area contributed by atoms with Crippen LogP contribution in [0.2, 0.25) is 0 Å². The average molecular weight is 333 g/mol. The number of carbonyl (C=O) groups excluding carboxylic acids is 1. The lowest BCUT2D eigenvalue weighted by Crippen LogP contribution is -2.48. The van der Waals surface area contributed by atoms with Crippen LogP contribution in [0, 0.1) is 0 Å². The molecular weight excluding hydrogens is 312 g/mol. The molecule has 1 amide bonds. The van der Waals surface area contributed by atoms with E-state index in [9.17, 15) is 4.79 Å². The fraction of sp³-hybridized carbons (Fsp3) is 0.278. The van der Waals surface area contributed by atoms with E-state index in [0.29, 0.717) is 6.54 Å². The molecule has 1 aliphatic rings. The number of carbonyl (C=O) groups is 1. The molecule has 0 bridgehead atoms. The van der Waals surface area contributed by atoms with Crippen LogP contribution in [0.4, 0.5) is 0 Å². The number of hydrogen-bond acceptors (Lipinski definition) is 3. The van der Waals surface area contributed by atoms with E-state index in [4.69, 9.17) is 4.74 Å². The number of benzene rings is 2. The van der Waals surface area contributed by atoms with Crippen molar-refractivity contribution in [1.29, 1.82) is 0 Å². The molecule has 2 aromatic rings. The molecule has 0 aliphatic carbocycles. The number of rotatable bonds is 3. The van der Waals surface area contributed by atoms with Gasteiger partial charge < -0.3 is 15.0 Å². The highest BCUT2D eigenvalue weighted by Crippen LogP contribution is 2.31. The first-order valence-electron chi connectivity index (χ1n) is 7.51. The Balaban J connectivity index is 0.00000192. The summed E-state index contributed by atoms with van der Waals surface area (Å²) in [4.78, 5) is 14.8. The fourth-order valence-corrected chi connectivity index (χ4v) is 2.91. The number of nitrogens with one attached hydrogen (secondary N) is 1. The quantitative estimate of drug-likeness (QED) is 0.939. The molecule has 0 saturated carbocycles. The first kappa shape index (κ1) is 17.3. The summed E-state index contributed by atoms with van der Waals surface area (Å²) in [5, 5.41) is 3.37. The minimum Gasteiger partial charge on any atom is -0.496 e. The van der Waals surface area contributed by atoms with Gasteiger partial charge in [0.1, 0.15) is 5.75 Å². The van der Waals surface area contributed by atoms with Crippen molar-refractivity contribution in [1.82, 2.24) is 10.2 Å². The summed E-state index contributed by atoms with van der Waals surface area (Å²) in [7, 11) is 1.67. The Labute approximate surface area is 142 Å². The smallest absolute Gasteiger partial charge is 0.254 e. The minimum atomic E-state index is -0.0161. The summed E-state index contributed by atoms with van der Waals surface area (Å²) >= 11 is 0. The van der Waals surface area contributed by atoms with Gasteiger partial charge in [-0.15, -0.1) is 12.4 Å². The van der Waals surface area contributed by atoms with Crippen LogP contribution in [-0.4, -0.2) is 37.6 Å².